The van der Waals surface area contributed by atoms with Crippen molar-refractivity contribution in [3.8, 4) is 0 Å². The summed E-state index contributed by atoms with van der Waals surface area (Å²) in [5, 5.41) is 9.10. The van der Waals surface area contributed by atoms with E-state index in [9.17, 15) is 4.39 Å². The van der Waals surface area contributed by atoms with E-state index in [4.69, 9.17) is 5.11 Å². The minimum absolute atomic E-state index is 0.212. The summed E-state index contributed by atoms with van der Waals surface area (Å²) < 4.78 is 12.9. The monoisotopic (exact) mass is 210 g/mol. The lowest BCUT2D eigenvalue weighted by molar-refractivity contribution is 0.208. The van der Waals surface area contributed by atoms with Gasteiger partial charge in [-0.05, 0) is 24.8 Å². The molecule has 1 aromatic rings. The van der Waals surface area contributed by atoms with Crippen LogP contribution >= 0.6 is 0 Å². The minimum atomic E-state index is -0.446. The zero-order valence-electron chi connectivity index (χ0n) is 8.56. The number of aliphatic hydroxyl groups is 1. The Morgan fingerprint density at radius 2 is 2.47 bits per heavy atom. The van der Waals surface area contributed by atoms with E-state index in [1.165, 1.54) is 12.3 Å². The highest BCUT2D eigenvalue weighted by atomic mass is 19.1. The number of rotatable bonds is 2. The summed E-state index contributed by atoms with van der Waals surface area (Å²) in [6.07, 6.45) is 3.59. The average Bonchev–Trinajstić information content (AvgIpc) is 2.29. The van der Waals surface area contributed by atoms with E-state index in [-0.39, 0.29) is 6.61 Å². The molecule has 0 bridgehead atoms. The highest BCUT2D eigenvalue weighted by Gasteiger charge is 2.19. The number of aromatic nitrogens is 1. The summed E-state index contributed by atoms with van der Waals surface area (Å²) in [6.45, 7) is 1.95. The highest BCUT2D eigenvalue weighted by Crippen LogP contribution is 2.22. The van der Waals surface area contributed by atoms with Crippen molar-refractivity contribution < 1.29 is 9.50 Å². The van der Waals surface area contributed by atoms with Gasteiger partial charge in [0.25, 0.3) is 0 Å². The molecule has 2 heterocycles. The molecule has 4 heteroatoms. The van der Waals surface area contributed by atoms with Gasteiger partial charge in [-0.25, -0.2) is 4.98 Å². The highest BCUT2D eigenvalue weighted by molar-refractivity contribution is 5.45. The number of hydrogen-bond acceptors (Lipinski definition) is 3. The SMILES string of the molecule is OCC1CCCN(c2ccnc(F)c2)C1. The quantitative estimate of drug-likeness (QED) is 0.750. The molecule has 82 valence electrons. The summed E-state index contributed by atoms with van der Waals surface area (Å²) in [7, 11) is 0. The van der Waals surface area contributed by atoms with Crippen molar-refractivity contribution in [2.24, 2.45) is 5.92 Å². The second kappa shape index (κ2) is 4.57. The molecule has 15 heavy (non-hydrogen) atoms. The molecule has 3 nitrogen and oxygen atoms in total. The molecule has 0 radical (unpaired) electrons. The van der Waals surface area contributed by atoms with Gasteiger partial charge in [-0.2, -0.15) is 4.39 Å². The Kier molecular flexibility index (Phi) is 3.16. The lowest BCUT2D eigenvalue weighted by Crippen LogP contribution is -2.36. The van der Waals surface area contributed by atoms with Crippen LogP contribution in [-0.2, 0) is 0 Å². The fourth-order valence-corrected chi connectivity index (χ4v) is 2.04. The average molecular weight is 210 g/mol. The fraction of sp³-hybridized carbons (Fsp3) is 0.545. The molecule has 1 unspecified atom stereocenters. The van der Waals surface area contributed by atoms with Crippen molar-refractivity contribution >= 4 is 5.69 Å². The number of halogens is 1. The third-order valence-corrected chi connectivity index (χ3v) is 2.85. The number of anilines is 1. The van der Waals surface area contributed by atoms with Gasteiger partial charge in [-0.3, -0.25) is 0 Å². The molecule has 1 aliphatic rings. The first-order valence-electron chi connectivity index (χ1n) is 5.27. The van der Waals surface area contributed by atoms with Gasteiger partial charge < -0.3 is 10.0 Å². The molecule has 1 aliphatic heterocycles. The summed E-state index contributed by atoms with van der Waals surface area (Å²) in [5.41, 5.74) is 0.862. The molecular weight excluding hydrogens is 195 g/mol. The third kappa shape index (κ3) is 2.45. The molecule has 1 fully saturated rings. The molecule has 1 atom stereocenters. The largest absolute Gasteiger partial charge is 0.396 e. The molecule has 2 rings (SSSR count). The summed E-state index contributed by atoms with van der Waals surface area (Å²) in [4.78, 5) is 5.64. The van der Waals surface area contributed by atoms with Gasteiger partial charge in [0.2, 0.25) is 5.95 Å². The van der Waals surface area contributed by atoms with Gasteiger partial charge in [0, 0.05) is 37.6 Å². The zero-order valence-corrected chi connectivity index (χ0v) is 8.56. The molecule has 1 N–H and O–H groups in total. The van der Waals surface area contributed by atoms with Gasteiger partial charge in [0.05, 0.1) is 0 Å². The van der Waals surface area contributed by atoms with E-state index in [0.29, 0.717) is 5.92 Å². The molecule has 1 saturated heterocycles. The van der Waals surface area contributed by atoms with Crippen molar-refractivity contribution in [3.05, 3.63) is 24.3 Å². The number of hydrogen-bond donors (Lipinski definition) is 1. The van der Waals surface area contributed by atoms with E-state index >= 15 is 0 Å². The Hall–Kier alpha value is -1.16. The van der Waals surface area contributed by atoms with E-state index in [1.54, 1.807) is 0 Å². The van der Waals surface area contributed by atoms with Crippen LogP contribution in [0.5, 0.6) is 0 Å². The predicted octanol–water partition coefficient (Wildman–Crippen LogP) is 1.43. The molecular formula is C11H15FN2O. The Balaban J connectivity index is 2.09. The number of piperidine rings is 1. The Morgan fingerprint density at radius 3 is 3.20 bits per heavy atom. The maximum absolute atomic E-state index is 12.9. The number of nitrogens with zero attached hydrogens (tertiary/aromatic N) is 2. The predicted molar refractivity (Wildman–Crippen MR) is 56.2 cm³/mol. The van der Waals surface area contributed by atoms with Gasteiger partial charge >= 0.3 is 0 Å². The van der Waals surface area contributed by atoms with Crippen molar-refractivity contribution in [2.75, 3.05) is 24.6 Å². The second-order valence-corrected chi connectivity index (χ2v) is 3.97. The molecule has 0 aromatic carbocycles. The Labute approximate surface area is 88.6 Å². The fourth-order valence-electron chi connectivity index (χ4n) is 2.04. The lowest BCUT2D eigenvalue weighted by Gasteiger charge is -2.33. The van der Waals surface area contributed by atoms with Crippen LogP contribution in [0.1, 0.15) is 12.8 Å². The lowest BCUT2D eigenvalue weighted by atomic mass is 9.99. The molecule has 0 saturated carbocycles. The van der Waals surface area contributed by atoms with Crippen LogP contribution in [0.25, 0.3) is 0 Å². The third-order valence-electron chi connectivity index (χ3n) is 2.85. The van der Waals surface area contributed by atoms with E-state index in [0.717, 1.165) is 31.6 Å². The van der Waals surface area contributed by atoms with Crippen LogP contribution in [0.2, 0.25) is 0 Å². The smallest absolute Gasteiger partial charge is 0.214 e. The first-order valence-corrected chi connectivity index (χ1v) is 5.27. The van der Waals surface area contributed by atoms with E-state index in [1.807, 2.05) is 6.07 Å². The van der Waals surface area contributed by atoms with Crippen LogP contribution in [0.4, 0.5) is 10.1 Å². The topological polar surface area (TPSA) is 36.4 Å². The van der Waals surface area contributed by atoms with Gasteiger partial charge in [0.1, 0.15) is 0 Å². The Morgan fingerprint density at radius 1 is 1.60 bits per heavy atom. The van der Waals surface area contributed by atoms with Crippen LogP contribution in [0, 0.1) is 11.9 Å². The normalized spacial score (nSPS) is 21.7. The van der Waals surface area contributed by atoms with Gasteiger partial charge in [-0.15, -0.1) is 0 Å². The summed E-state index contributed by atoms with van der Waals surface area (Å²) in [6, 6.07) is 3.25. The van der Waals surface area contributed by atoms with Gasteiger partial charge in [0.15, 0.2) is 0 Å². The Bertz CT molecular complexity index is 332. The van der Waals surface area contributed by atoms with E-state index < -0.39 is 5.95 Å². The molecule has 0 amide bonds. The van der Waals surface area contributed by atoms with Crippen LogP contribution < -0.4 is 4.90 Å². The summed E-state index contributed by atoms with van der Waals surface area (Å²) in [5.74, 6) is -0.131. The standard InChI is InChI=1S/C11H15FN2O/c12-11-6-10(3-4-13-11)14-5-1-2-9(7-14)8-15/h3-4,6,9,15H,1-2,5,7-8H2. The van der Waals surface area contributed by atoms with E-state index in [2.05, 4.69) is 9.88 Å². The maximum Gasteiger partial charge on any atom is 0.214 e. The maximum atomic E-state index is 12.9. The second-order valence-electron chi connectivity index (χ2n) is 3.97. The minimum Gasteiger partial charge on any atom is -0.396 e. The zero-order chi connectivity index (χ0) is 10.7. The molecule has 0 spiro atoms. The number of pyridine rings is 1. The van der Waals surface area contributed by atoms with Crippen molar-refractivity contribution in [1.29, 1.82) is 0 Å². The van der Waals surface area contributed by atoms with Crippen LogP contribution in [-0.4, -0.2) is 29.8 Å². The first-order chi connectivity index (χ1) is 7.29. The summed E-state index contributed by atoms with van der Waals surface area (Å²) >= 11 is 0. The first kappa shape index (κ1) is 10.4. The van der Waals surface area contributed by atoms with Crippen molar-refractivity contribution in [3.63, 3.8) is 0 Å². The molecule has 1 aromatic heterocycles. The van der Waals surface area contributed by atoms with Crippen molar-refractivity contribution in [1.82, 2.24) is 4.98 Å². The molecule has 0 aliphatic carbocycles. The van der Waals surface area contributed by atoms with Crippen LogP contribution in [0.15, 0.2) is 18.3 Å². The van der Waals surface area contributed by atoms with Gasteiger partial charge in [-0.1, -0.05) is 0 Å². The van der Waals surface area contributed by atoms with Crippen LogP contribution in [0.3, 0.4) is 0 Å². The van der Waals surface area contributed by atoms with Crippen molar-refractivity contribution in [2.45, 2.75) is 12.8 Å². The number of aliphatic hydroxyl groups excluding tert-OH is 1.